The van der Waals surface area contributed by atoms with E-state index in [1.807, 2.05) is 24.5 Å². The quantitative estimate of drug-likeness (QED) is 0.0638. The van der Waals surface area contributed by atoms with Gasteiger partial charge in [-0.15, -0.1) is 0 Å². The molecule has 5 aromatic rings. The number of likely N-dealkylation sites (N-methyl/N-ethyl adjacent to an activating group) is 1. The molecule has 5 heterocycles. The average molecular weight is 802 g/mol. The molecule has 1 aliphatic carbocycles. The smallest absolute Gasteiger partial charge is 0.262 e. The normalized spacial score (nSPS) is 18.8. The van der Waals surface area contributed by atoms with Gasteiger partial charge >= 0.3 is 0 Å². The summed E-state index contributed by atoms with van der Waals surface area (Å²) in [6.45, 7) is 7.38. The molecule has 1 saturated heterocycles. The fraction of sp³-hybridized carbons (Fsp3) is 0.422. The summed E-state index contributed by atoms with van der Waals surface area (Å²) in [7, 11) is 1.44. The number of nitrogens with one attached hydrogen (secondary N) is 2. The van der Waals surface area contributed by atoms with Crippen molar-refractivity contribution in [1.82, 2.24) is 35.0 Å². The standard InChI is InChI=1S/C45H51N7O7/c1-46-43(54)41(6-5-21-53)52-44(55)36-11-9-32(27-37(36)45(52)56)57-22-4-2-3-15-50-16-18-51(19-17-50)20-23-58-33-25-34(26-33)59-42-12-8-31(28-48-42)30-7-10-35-38-29-47-14-13-39(38)49-40(35)24-30/h7-14,21,24,27-29,33-34,41,49H,2-6,15-20,22-23,25-26H2,1H3,(H,46,54). The number of carbonyl (C=O) groups excluding carboxylic acids is 4. The van der Waals surface area contributed by atoms with Crippen LogP contribution in [-0.2, 0) is 14.3 Å². The van der Waals surface area contributed by atoms with Crippen molar-refractivity contribution in [3.8, 4) is 22.8 Å². The highest BCUT2D eigenvalue weighted by Gasteiger charge is 2.42. The zero-order chi connectivity index (χ0) is 40.7. The van der Waals surface area contributed by atoms with Gasteiger partial charge in [0.05, 0.1) is 30.4 Å². The lowest BCUT2D eigenvalue weighted by atomic mass is 9.92. The first kappa shape index (κ1) is 40.1. The van der Waals surface area contributed by atoms with Gasteiger partial charge in [-0.05, 0) is 74.2 Å². The van der Waals surface area contributed by atoms with Gasteiger partial charge in [-0.3, -0.25) is 29.2 Å². The van der Waals surface area contributed by atoms with E-state index in [0.717, 1.165) is 116 Å². The highest BCUT2D eigenvalue weighted by Crippen LogP contribution is 2.32. The highest BCUT2D eigenvalue weighted by molar-refractivity contribution is 6.23. The summed E-state index contributed by atoms with van der Waals surface area (Å²) >= 11 is 0. The topological polar surface area (TPSA) is 159 Å². The molecule has 3 amide bonds. The van der Waals surface area contributed by atoms with Crippen LogP contribution in [0.1, 0.15) is 65.7 Å². The van der Waals surface area contributed by atoms with Crippen molar-refractivity contribution in [3.05, 3.63) is 84.3 Å². The third-order valence-corrected chi connectivity index (χ3v) is 11.7. The number of piperazine rings is 1. The molecule has 59 heavy (non-hydrogen) atoms. The summed E-state index contributed by atoms with van der Waals surface area (Å²) in [5.41, 5.74) is 4.75. The summed E-state index contributed by atoms with van der Waals surface area (Å²) in [5, 5.41) is 4.77. The van der Waals surface area contributed by atoms with Gasteiger partial charge in [0.25, 0.3) is 11.8 Å². The molecule has 2 aliphatic heterocycles. The van der Waals surface area contributed by atoms with E-state index in [9.17, 15) is 19.2 Å². The van der Waals surface area contributed by atoms with E-state index in [-0.39, 0.29) is 36.2 Å². The number of aromatic nitrogens is 3. The Morgan fingerprint density at radius 2 is 1.64 bits per heavy atom. The Morgan fingerprint density at radius 3 is 2.42 bits per heavy atom. The van der Waals surface area contributed by atoms with Crippen molar-refractivity contribution >= 4 is 45.8 Å². The Kier molecular flexibility index (Phi) is 12.6. The Balaban J connectivity index is 0.669. The number of H-pyrrole nitrogens is 1. The summed E-state index contributed by atoms with van der Waals surface area (Å²) in [6.07, 6.45) is 11.5. The maximum absolute atomic E-state index is 13.2. The second-order valence-electron chi connectivity index (χ2n) is 15.5. The van der Waals surface area contributed by atoms with Gasteiger partial charge in [0.2, 0.25) is 11.8 Å². The van der Waals surface area contributed by atoms with E-state index in [0.29, 0.717) is 24.5 Å². The van der Waals surface area contributed by atoms with Gasteiger partial charge < -0.3 is 34.2 Å². The molecule has 14 nitrogen and oxygen atoms in total. The number of hydrogen-bond acceptors (Lipinski definition) is 11. The summed E-state index contributed by atoms with van der Waals surface area (Å²) in [4.78, 5) is 67.8. The van der Waals surface area contributed by atoms with Crippen LogP contribution in [0.15, 0.2) is 73.2 Å². The SMILES string of the molecule is CNC(=O)C(CCC=O)N1C(=O)c2ccc(OCCCCCN3CCN(CCOC4CC(Oc5ccc(-c6ccc7c(c6)[nH]c6ccncc67)cn5)C4)CC3)cc2C1=O. The van der Waals surface area contributed by atoms with E-state index in [1.165, 1.54) is 7.05 Å². The number of amides is 3. The van der Waals surface area contributed by atoms with Crippen LogP contribution in [0.4, 0.5) is 0 Å². The van der Waals surface area contributed by atoms with Crippen LogP contribution in [-0.4, -0.2) is 131 Å². The number of benzene rings is 2. The molecule has 8 rings (SSSR count). The van der Waals surface area contributed by atoms with Gasteiger partial charge in [0.15, 0.2) is 0 Å². The zero-order valence-electron chi connectivity index (χ0n) is 33.4. The second-order valence-corrected chi connectivity index (χ2v) is 15.5. The van der Waals surface area contributed by atoms with Crippen molar-refractivity contribution in [2.75, 3.05) is 59.5 Å². The molecule has 308 valence electrons. The average Bonchev–Trinajstić information content (AvgIpc) is 3.74. The first-order chi connectivity index (χ1) is 28.9. The first-order valence-corrected chi connectivity index (χ1v) is 20.7. The van der Waals surface area contributed by atoms with Gasteiger partial charge in [0, 0.05) is 111 Å². The molecule has 1 unspecified atom stereocenters. The number of rotatable bonds is 19. The molecular weight excluding hydrogens is 751 g/mol. The maximum atomic E-state index is 13.2. The molecular formula is C45H51N7O7. The lowest BCUT2D eigenvalue weighted by Crippen LogP contribution is -2.48. The molecule has 2 N–H and O–H groups in total. The molecule has 1 atom stereocenters. The van der Waals surface area contributed by atoms with E-state index >= 15 is 0 Å². The van der Waals surface area contributed by atoms with Crippen molar-refractivity contribution in [3.63, 3.8) is 0 Å². The summed E-state index contributed by atoms with van der Waals surface area (Å²) in [6, 6.07) is 16.2. The lowest BCUT2D eigenvalue weighted by molar-refractivity contribution is -0.124. The molecule has 0 radical (unpaired) electrons. The van der Waals surface area contributed by atoms with Crippen LogP contribution >= 0.6 is 0 Å². The predicted octanol–water partition coefficient (Wildman–Crippen LogP) is 5.26. The van der Waals surface area contributed by atoms with Crippen molar-refractivity contribution in [2.45, 2.75) is 63.2 Å². The first-order valence-electron chi connectivity index (χ1n) is 20.7. The highest BCUT2D eigenvalue weighted by atomic mass is 16.5. The Hall–Kier alpha value is -5.70. The third kappa shape index (κ3) is 9.14. The van der Waals surface area contributed by atoms with Crippen molar-refractivity contribution in [2.24, 2.45) is 0 Å². The van der Waals surface area contributed by atoms with Gasteiger partial charge in [0.1, 0.15) is 24.2 Å². The van der Waals surface area contributed by atoms with Crippen LogP contribution < -0.4 is 14.8 Å². The number of hydrogen-bond donors (Lipinski definition) is 2. The van der Waals surface area contributed by atoms with E-state index in [1.54, 1.807) is 24.4 Å². The minimum atomic E-state index is -1.04. The molecule has 2 aromatic carbocycles. The monoisotopic (exact) mass is 801 g/mol. The number of carbonyl (C=O) groups is 4. The molecule has 3 aromatic heterocycles. The Morgan fingerprint density at radius 1 is 0.847 bits per heavy atom. The van der Waals surface area contributed by atoms with Crippen molar-refractivity contribution in [1.29, 1.82) is 0 Å². The number of unbranched alkanes of at least 4 members (excludes halogenated alkanes) is 2. The fourth-order valence-electron chi connectivity index (χ4n) is 8.24. The van der Waals surface area contributed by atoms with Crippen LogP contribution in [0, 0.1) is 0 Å². The van der Waals surface area contributed by atoms with Crippen LogP contribution in [0.3, 0.4) is 0 Å². The molecule has 3 aliphatic rings. The number of imide groups is 1. The minimum absolute atomic E-state index is 0.0623. The molecule has 14 heteroatoms. The predicted molar refractivity (Wildman–Crippen MR) is 223 cm³/mol. The Bertz CT molecular complexity index is 2280. The number of aldehydes is 1. The van der Waals surface area contributed by atoms with Gasteiger partial charge in [-0.25, -0.2) is 4.98 Å². The summed E-state index contributed by atoms with van der Waals surface area (Å²) < 4.78 is 18.3. The maximum Gasteiger partial charge on any atom is 0.262 e. The van der Waals surface area contributed by atoms with Crippen LogP contribution in [0.25, 0.3) is 32.9 Å². The van der Waals surface area contributed by atoms with Crippen LogP contribution in [0.2, 0.25) is 0 Å². The third-order valence-electron chi connectivity index (χ3n) is 11.7. The molecule has 2 fully saturated rings. The molecule has 1 saturated carbocycles. The second kappa shape index (κ2) is 18.5. The molecule has 0 bridgehead atoms. The minimum Gasteiger partial charge on any atom is -0.494 e. The van der Waals surface area contributed by atoms with E-state index in [4.69, 9.17) is 14.2 Å². The molecule has 0 spiro atoms. The number of ether oxygens (including phenoxy) is 3. The zero-order valence-corrected chi connectivity index (χ0v) is 33.4. The van der Waals surface area contributed by atoms with Gasteiger partial charge in [-0.1, -0.05) is 12.1 Å². The largest absolute Gasteiger partial charge is 0.494 e. The Labute approximate surface area is 343 Å². The van der Waals surface area contributed by atoms with Crippen molar-refractivity contribution < 1.29 is 33.4 Å². The number of aromatic amines is 1. The number of nitrogens with zero attached hydrogens (tertiary/aromatic N) is 5. The van der Waals surface area contributed by atoms with Crippen LogP contribution in [0.5, 0.6) is 11.6 Å². The van der Waals surface area contributed by atoms with Gasteiger partial charge in [-0.2, -0.15) is 0 Å². The number of fused-ring (bicyclic) bond motifs is 4. The number of pyridine rings is 2. The van der Waals surface area contributed by atoms with E-state index < -0.39 is 23.8 Å². The summed E-state index contributed by atoms with van der Waals surface area (Å²) in [5.74, 6) is -0.414. The fourth-order valence-corrected chi connectivity index (χ4v) is 8.24. The van der Waals surface area contributed by atoms with E-state index in [2.05, 4.69) is 54.3 Å². The lowest BCUT2D eigenvalue weighted by Gasteiger charge is -2.37.